The number of nitrogens with one attached hydrogen (secondary N) is 2. The van der Waals surface area contributed by atoms with Crippen molar-refractivity contribution in [2.45, 2.75) is 32.6 Å². The average Bonchev–Trinajstić information content (AvgIpc) is 3.02. The van der Waals surface area contributed by atoms with Gasteiger partial charge < -0.3 is 9.84 Å². The number of hydrogen-bond donors (Lipinski definition) is 2. The predicted molar refractivity (Wildman–Crippen MR) is 107 cm³/mol. The number of carbonyl (C=O) groups is 1. The summed E-state index contributed by atoms with van der Waals surface area (Å²) in [5.41, 5.74) is 4.18. The Labute approximate surface area is 163 Å². The zero-order chi connectivity index (χ0) is 20.5. The van der Waals surface area contributed by atoms with Gasteiger partial charge in [-0.25, -0.2) is 8.42 Å². The summed E-state index contributed by atoms with van der Waals surface area (Å²) in [5, 5.41) is 6.51. The molecule has 8 heteroatoms. The Morgan fingerprint density at radius 3 is 2.11 bits per heavy atom. The van der Waals surface area contributed by atoms with E-state index in [1.807, 2.05) is 32.9 Å². The molecular weight excluding hydrogens is 378 g/mol. The number of nitrogens with zero attached hydrogens (tertiary/aromatic N) is 1. The lowest BCUT2D eigenvalue weighted by Gasteiger charge is -2.13. The maximum atomic E-state index is 12.6. The van der Waals surface area contributed by atoms with E-state index in [2.05, 4.69) is 15.2 Å². The predicted octanol–water partition coefficient (Wildman–Crippen LogP) is 3.96. The van der Waals surface area contributed by atoms with Gasteiger partial charge in [-0.3, -0.25) is 9.52 Å². The van der Waals surface area contributed by atoms with Gasteiger partial charge in [0.1, 0.15) is 5.76 Å². The molecule has 1 amide bonds. The summed E-state index contributed by atoms with van der Waals surface area (Å²) in [6, 6.07) is 11.2. The summed E-state index contributed by atoms with van der Waals surface area (Å²) in [4.78, 5) is 12.6. The number of amides is 1. The topological polar surface area (TPSA) is 101 Å². The van der Waals surface area contributed by atoms with E-state index >= 15 is 0 Å². The zero-order valence-corrected chi connectivity index (χ0v) is 16.8. The number of anilines is 2. The van der Waals surface area contributed by atoms with E-state index in [4.69, 9.17) is 4.52 Å². The molecule has 0 bridgehead atoms. The SMILES string of the molecule is Cc1cc(C)c(NC(=O)c2ccc(S(=O)(=O)Nc3cc(C)on3)cc2)c(C)c1. The number of carbonyl (C=O) groups excluding carboxylic acids is 1. The first-order valence-electron chi connectivity index (χ1n) is 8.61. The Morgan fingerprint density at radius 2 is 1.57 bits per heavy atom. The minimum atomic E-state index is -3.82. The first-order chi connectivity index (χ1) is 13.2. The number of aromatic nitrogens is 1. The van der Waals surface area contributed by atoms with Gasteiger partial charge in [0.15, 0.2) is 5.82 Å². The van der Waals surface area contributed by atoms with Crippen molar-refractivity contribution >= 4 is 27.4 Å². The molecule has 2 N–H and O–H groups in total. The van der Waals surface area contributed by atoms with Crippen molar-refractivity contribution in [3.63, 3.8) is 0 Å². The second kappa shape index (κ2) is 7.47. The Morgan fingerprint density at radius 1 is 0.964 bits per heavy atom. The van der Waals surface area contributed by atoms with E-state index in [1.165, 1.54) is 30.3 Å². The summed E-state index contributed by atoms with van der Waals surface area (Å²) in [6.45, 7) is 7.53. The molecule has 0 atom stereocenters. The van der Waals surface area contributed by atoms with Crippen molar-refractivity contribution in [3.05, 3.63) is 70.5 Å². The van der Waals surface area contributed by atoms with Crippen molar-refractivity contribution in [1.29, 1.82) is 0 Å². The molecule has 7 nitrogen and oxygen atoms in total. The van der Waals surface area contributed by atoms with Gasteiger partial charge >= 0.3 is 0 Å². The van der Waals surface area contributed by atoms with Gasteiger partial charge in [0.2, 0.25) is 0 Å². The van der Waals surface area contributed by atoms with Crippen LogP contribution in [0.2, 0.25) is 0 Å². The van der Waals surface area contributed by atoms with Crippen LogP contribution >= 0.6 is 0 Å². The maximum Gasteiger partial charge on any atom is 0.263 e. The average molecular weight is 399 g/mol. The number of benzene rings is 2. The van der Waals surface area contributed by atoms with Crippen molar-refractivity contribution < 1.29 is 17.7 Å². The van der Waals surface area contributed by atoms with Crippen molar-refractivity contribution in [1.82, 2.24) is 5.16 Å². The normalized spacial score (nSPS) is 11.3. The molecule has 0 unspecified atom stereocenters. The number of sulfonamides is 1. The molecule has 0 spiro atoms. The highest BCUT2D eigenvalue weighted by Crippen LogP contribution is 2.23. The van der Waals surface area contributed by atoms with Gasteiger partial charge in [-0.2, -0.15) is 0 Å². The largest absolute Gasteiger partial charge is 0.360 e. The molecule has 146 valence electrons. The summed E-state index contributed by atoms with van der Waals surface area (Å²) >= 11 is 0. The van der Waals surface area contributed by atoms with Crippen LogP contribution in [0.3, 0.4) is 0 Å². The van der Waals surface area contributed by atoms with Gasteiger partial charge in [-0.1, -0.05) is 22.9 Å². The summed E-state index contributed by atoms with van der Waals surface area (Å²) in [6.07, 6.45) is 0. The van der Waals surface area contributed by atoms with E-state index < -0.39 is 10.0 Å². The standard InChI is InChI=1S/C20H21N3O4S/c1-12-9-13(2)19(14(3)10-12)21-20(24)16-5-7-17(8-6-16)28(25,26)23-18-11-15(4)27-22-18/h5-11H,1-4H3,(H,21,24)(H,22,23). The Hall–Kier alpha value is -3.13. The first-order valence-corrected chi connectivity index (χ1v) is 10.1. The fraction of sp³-hybridized carbons (Fsp3) is 0.200. The molecule has 3 aromatic rings. The fourth-order valence-corrected chi connectivity index (χ4v) is 3.94. The third-order valence-electron chi connectivity index (χ3n) is 4.21. The molecule has 0 saturated heterocycles. The first kappa shape index (κ1) is 19.6. The Balaban J connectivity index is 1.78. The summed E-state index contributed by atoms with van der Waals surface area (Å²) < 4.78 is 32.0. The van der Waals surface area contributed by atoms with Crippen LogP contribution < -0.4 is 10.0 Å². The number of rotatable bonds is 5. The second-order valence-electron chi connectivity index (χ2n) is 6.68. The molecule has 1 heterocycles. The highest BCUT2D eigenvalue weighted by molar-refractivity contribution is 7.92. The van der Waals surface area contributed by atoms with Crippen LogP contribution in [-0.4, -0.2) is 19.5 Å². The lowest BCUT2D eigenvalue weighted by atomic mass is 10.0. The molecule has 1 aromatic heterocycles. The fourth-order valence-electron chi connectivity index (χ4n) is 2.96. The van der Waals surface area contributed by atoms with Gasteiger partial charge in [0.25, 0.3) is 15.9 Å². The number of hydrogen-bond acceptors (Lipinski definition) is 5. The molecule has 0 aliphatic carbocycles. The third-order valence-corrected chi connectivity index (χ3v) is 5.58. The van der Waals surface area contributed by atoms with Gasteiger partial charge in [-0.05, 0) is 63.1 Å². The molecule has 0 radical (unpaired) electrons. The van der Waals surface area contributed by atoms with Crippen LogP contribution in [0.25, 0.3) is 0 Å². The van der Waals surface area contributed by atoms with E-state index in [9.17, 15) is 13.2 Å². The molecule has 0 aliphatic heterocycles. The van der Waals surface area contributed by atoms with Crippen LogP contribution in [0.1, 0.15) is 32.8 Å². The highest BCUT2D eigenvalue weighted by Gasteiger charge is 2.17. The van der Waals surface area contributed by atoms with E-state index in [0.29, 0.717) is 11.3 Å². The van der Waals surface area contributed by atoms with Crippen LogP contribution in [0.4, 0.5) is 11.5 Å². The monoisotopic (exact) mass is 399 g/mol. The van der Waals surface area contributed by atoms with Gasteiger partial charge in [0.05, 0.1) is 4.90 Å². The van der Waals surface area contributed by atoms with E-state index in [1.54, 1.807) is 6.92 Å². The van der Waals surface area contributed by atoms with Gasteiger partial charge in [-0.15, -0.1) is 0 Å². The summed E-state index contributed by atoms with van der Waals surface area (Å²) in [7, 11) is -3.82. The zero-order valence-electron chi connectivity index (χ0n) is 16.0. The Bertz CT molecular complexity index is 1110. The van der Waals surface area contributed by atoms with E-state index in [0.717, 1.165) is 22.4 Å². The lowest BCUT2D eigenvalue weighted by molar-refractivity contribution is 0.102. The van der Waals surface area contributed by atoms with Crippen LogP contribution in [0.5, 0.6) is 0 Å². The molecule has 28 heavy (non-hydrogen) atoms. The Kier molecular flexibility index (Phi) is 5.24. The van der Waals surface area contributed by atoms with Gasteiger partial charge in [0, 0.05) is 17.3 Å². The van der Waals surface area contributed by atoms with Crippen LogP contribution in [0.15, 0.2) is 51.9 Å². The molecule has 2 aromatic carbocycles. The third kappa shape index (κ3) is 4.23. The molecule has 0 saturated carbocycles. The maximum absolute atomic E-state index is 12.6. The quantitative estimate of drug-likeness (QED) is 0.676. The minimum Gasteiger partial charge on any atom is -0.360 e. The van der Waals surface area contributed by atoms with E-state index in [-0.39, 0.29) is 16.6 Å². The van der Waals surface area contributed by atoms with Crippen molar-refractivity contribution in [2.24, 2.45) is 0 Å². The smallest absolute Gasteiger partial charge is 0.263 e. The van der Waals surface area contributed by atoms with Crippen LogP contribution in [-0.2, 0) is 10.0 Å². The molecule has 3 rings (SSSR count). The lowest BCUT2D eigenvalue weighted by Crippen LogP contribution is -2.16. The van der Waals surface area contributed by atoms with Crippen LogP contribution in [0, 0.1) is 27.7 Å². The molecular formula is C20H21N3O4S. The molecule has 0 fully saturated rings. The molecule has 0 aliphatic rings. The second-order valence-corrected chi connectivity index (χ2v) is 8.36. The highest BCUT2D eigenvalue weighted by atomic mass is 32.2. The van der Waals surface area contributed by atoms with Crippen molar-refractivity contribution in [2.75, 3.05) is 10.0 Å². The minimum absolute atomic E-state index is 0.0207. The summed E-state index contributed by atoms with van der Waals surface area (Å²) in [5.74, 6) is 0.287. The van der Waals surface area contributed by atoms with Crippen molar-refractivity contribution in [3.8, 4) is 0 Å². The number of aryl methyl sites for hydroxylation is 4.